The molecule has 148 valence electrons. The zero-order chi connectivity index (χ0) is 20.7. The van der Waals surface area contributed by atoms with Crippen molar-refractivity contribution >= 4 is 23.0 Å². The first-order chi connectivity index (χ1) is 14.6. The lowest BCUT2D eigenvalue weighted by Gasteiger charge is -2.20. The molecule has 0 aliphatic carbocycles. The summed E-state index contributed by atoms with van der Waals surface area (Å²) in [5.74, 6) is -0.0812. The Kier molecular flexibility index (Phi) is 4.21. The van der Waals surface area contributed by atoms with E-state index in [4.69, 9.17) is 0 Å². The van der Waals surface area contributed by atoms with E-state index in [0.29, 0.717) is 12.1 Å². The van der Waals surface area contributed by atoms with Gasteiger partial charge in [0.1, 0.15) is 0 Å². The number of anilines is 2. The Hall–Kier alpha value is -4.13. The third kappa shape index (κ3) is 3.06. The van der Waals surface area contributed by atoms with Gasteiger partial charge in [-0.1, -0.05) is 36.4 Å². The van der Waals surface area contributed by atoms with E-state index in [1.807, 2.05) is 48.5 Å². The van der Waals surface area contributed by atoms with Gasteiger partial charge in [-0.3, -0.25) is 14.9 Å². The first-order valence-electron chi connectivity index (χ1n) is 9.59. The molecule has 5 rings (SSSR count). The number of para-hydroxylation sites is 2. The van der Waals surface area contributed by atoms with Gasteiger partial charge in [-0.25, -0.2) is 0 Å². The number of rotatable bonds is 3. The maximum absolute atomic E-state index is 12.6. The topological polar surface area (TPSA) is 96.3 Å². The number of nitrogens with zero attached hydrogens (tertiary/aromatic N) is 1. The molecule has 1 atom stereocenters. The largest absolute Gasteiger partial charge is 0.372 e. The normalized spacial score (nSPS) is 17.2. The summed E-state index contributed by atoms with van der Waals surface area (Å²) in [6, 6.07) is 22.0. The molecule has 3 aromatic carbocycles. The van der Waals surface area contributed by atoms with E-state index in [-0.39, 0.29) is 17.6 Å². The van der Waals surface area contributed by atoms with Gasteiger partial charge in [-0.15, -0.1) is 0 Å². The van der Waals surface area contributed by atoms with Crippen LogP contribution in [0.15, 0.2) is 84.1 Å². The highest BCUT2D eigenvalue weighted by Crippen LogP contribution is 2.38. The van der Waals surface area contributed by atoms with Gasteiger partial charge in [0.15, 0.2) is 0 Å². The van der Waals surface area contributed by atoms with Crippen molar-refractivity contribution in [3.63, 3.8) is 0 Å². The van der Waals surface area contributed by atoms with Crippen molar-refractivity contribution in [3.05, 3.63) is 99.7 Å². The Morgan fingerprint density at radius 2 is 1.50 bits per heavy atom. The second-order valence-corrected chi connectivity index (χ2v) is 7.25. The molecular weight excluding hydrogens is 380 g/mol. The van der Waals surface area contributed by atoms with Gasteiger partial charge in [0.05, 0.1) is 34.5 Å². The summed E-state index contributed by atoms with van der Waals surface area (Å²) >= 11 is 0. The van der Waals surface area contributed by atoms with E-state index in [9.17, 15) is 14.9 Å². The first-order valence-corrected chi connectivity index (χ1v) is 9.59. The number of fused-ring (bicyclic) bond motifs is 1. The van der Waals surface area contributed by atoms with Crippen molar-refractivity contribution in [2.75, 3.05) is 17.2 Å². The molecule has 3 aromatic rings. The first kappa shape index (κ1) is 17.9. The molecule has 3 N–H and O–H groups in total. The van der Waals surface area contributed by atoms with Crippen LogP contribution in [0.1, 0.15) is 11.6 Å². The average molecular weight is 398 g/mol. The fourth-order valence-electron chi connectivity index (χ4n) is 3.91. The third-order valence-electron chi connectivity index (χ3n) is 5.45. The molecule has 7 heteroatoms. The summed E-state index contributed by atoms with van der Waals surface area (Å²) < 4.78 is 0. The number of nitro benzene ring substituents is 1. The van der Waals surface area contributed by atoms with Crippen molar-refractivity contribution in [3.8, 4) is 11.1 Å². The van der Waals surface area contributed by atoms with E-state index < -0.39 is 4.92 Å². The molecule has 0 aromatic heterocycles. The third-order valence-corrected chi connectivity index (χ3v) is 5.45. The highest BCUT2D eigenvalue weighted by Gasteiger charge is 2.33. The van der Waals surface area contributed by atoms with Crippen LogP contribution in [0.25, 0.3) is 11.1 Å². The predicted molar refractivity (Wildman–Crippen MR) is 115 cm³/mol. The summed E-state index contributed by atoms with van der Waals surface area (Å²) in [5.41, 5.74) is 6.31. The number of benzene rings is 3. The van der Waals surface area contributed by atoms with Crippen molar-refractivity contribution in [2.45, 2.75) is 6.04 Å². The number of non-ortho nitro benzene ring substituents is 1. The minimum Gasteiger partial charge on any atom is -0.372 e. The molecule has 1 amide bonds. The number of nitrogens with one attached hydrogen (secondary N) is 3. The molecule has 1 unspecified atom stereocenters. The Morgan fingerprint density at radius 1 is 0.867 bits per heavy atom. The number of hydrogen-bond acceptors (Lipinski definition) is 5. The zero-order valence-electron chi connectivity index (χ0n) is 15.9. The molecule has 0 spiro atoms. The molecule has 30 heavy (non-hydrogen) atoms. The average Bonchev–Trinajstić information content (AvgIpc) is 3.03. The number of nitro groups is 1. The van der Waals surface area contributed by atoms with Crippen LogP contribution in [-0.2, 0) is 4.79 Å². The summed E-state index contributed by atoms with van der Waals surface area (Å²) in [7, 11) is 0. The van der Waals surface area contributed by atoms with Crippen molar-refractivity contribution < 1.29 is 9.72 Å². The lowest BCUT2D eigenvalue weighted by molar-refractivity contribution is -0.384. The lowest BCUT2D eigenvalue weighted by atomic mass is 9.95. The van der Waals surface area contributed by atoms with Gasteiger partial charge in [-0.05, 0) is 41.0 Å². The molecule has 0 saturated carbocycles. The van der Waals surface area contributed by atoms with Crippen LogP contribution in [0.5, 0.6) is 0 Å². The van der Waals surface area contributed by atoms with E-state index in [1.165, 1.54) is 12.1 Å². The van der Waals surface area contributed by atoms with Crippen LogP contribution in [0.3, 0.4) is 0 Å². The molecule has 2 aliphatic rings. The van der Waals surface area contributed by atoms with Crippen LogP contribution in [0.4, 0.5) is 17.1 Å². The molecule has 0 fully saturated rings. The Bertz CT molecular complexity index is 1180. The summed E-state index contributed by atoms with van der Waals surface area (Å²) in [4.78, 5) is 23.0. The number of carbonyl (C=O) groups is 1. The van der Waals surface area contributed by atoms with Crippen LogP contribution < -0.4 is 16.0 Å². The second-order valence-electron chi connectivity index (χ2n) is 7.25. The van der Waals surface area contributed by atoms with Crippen LogP contribution in [-0.4, -0.2) is 17.4 Å². The van der Waals surface area contributed by atoms with Crippen molar-refractivity contribution in [2.24, 2.45) is 0 Å². The maximum Gasteiger partial charge on any atom is 0.269 e. The van der Waals surface area contributed by atoms with E-state index >= 15 is 0 Å². The van der Waals surface area contributed by atoms with Crippen molar-refractivity contribution in [1.82, 2.24) is 5.32 Å². The van der Waals surface area contributed by atoms with Crippen molar-refractivity contribution in [1.29, 1.82) is 0 Å². The number of carbonyl (C=O) groups excluding carboxylic acids is 1. The van der Waals surface area contributed by atoms with E-state index in [2.05, 4.69) is 16.0 Å². The van der Waals surface area contributed by atoms with E-state index in [0.717, 1.165) is 33.8 Å². The fraction of sp³-hybridized carbons (Fsp3) is 0.0870. The zero-order valence-corrected chi connectivity index (χ0v) is 15.9. The van der Waals surface area contributed by atoms with Crippen LogP contribution >= 0.6 is 0 Å². The second kappa shape index (κ2) is 7.04. The highest BCUT2D eigenvalue weighted by atomic mass is 16.6. The van der Waals surface area contributed by atoms with E-state index in [1.54, 1.807) is 12.1 Å². The molecule has 0 bridgehead atoms. The Labute approximate surface area is 172 Å². The molecule has 7 nitrogen and oxygen atoms in total. The summed E-state index contributed by atoms with van der Waals surface area (Å²) in [6.07, 6.45) is 0. The fourth-order valence-corrected chi connectivity index (χ4v) is 3.91. The van der Waals surface area contributed by atoms with Crippen LogP contribution in [0, 0.1) is 10.1 Å². The highest BCUT2D eigenvalue weighted by molar-refractivity contribution is 6.01. The minimum absolute atomic E-state index is 0.0657. The molecule has 0 saturated heterocycles. The summed E-state index contributed by atoms with van der Waals surface area (Å²) in [5, 5.41) is 20.6. The molecule has 2 heterocycles. The number of amides is 1. The minimum atomic E-state index is -0.408. The van der Waals surface area contributed by atoms with Gasteiger partial charge in [0.2, 0.25) is 0 Å². The van der Waals surface area contributed by atoms with Gasteiger partial charge >= 0.3 is 0 Å². The monoisotopic (exact) mass is 398 g/mol. The predicted octanol–water partition coefficient (Wildman–Crippen LogP) is 4.22. The smallest absolute Gasteiger partial charge is 0.269 e. The molecule has 2 aliphatic heterocycles. The summed E-state index contributed by atoms with van der Waals surface area (Å²) in [6.45, 7) is 0.474. The molecule has 0 radical (unpaired) electrons. The van der Waals surface area contributed by atoms with Gasteiger partial charge in [0.25, 0.3) is 11.6 Å². The van der Waals surface area contributed by atoms with Gasteiger partial charge in [-0.2, -0.15) is 0 Å². The van der Waals surface area contributed by atoms with Gasteiger partial charge < -0.3 is 16.0 Å². The Morgan fingerprint density at radius 3 is 2.17 bits per heavy atom. The van der Waals surface area contributed by atoms with Crippen LogP contribution in [0.2, 0.25) is 0 Å². The Balaban J connectivity index is 1.50. The lowest BCUT2D eigenvalue weighted by Crippen LogP contribution is -2.24. The SMILES string of the molecule is O=C1NCC2=C1C(c1ccc(-c3ccc([N+](=O)[O-])cc3)cc1)Nc1ccccc1N2. The van der Waals surface area contributed by atoms with Gasteiger partial charge in [0, 0.05) is 17.8 Å². The quantitative estimate of drug-likeness (QED) is 0.453. The standard InChI is InChI=1S/C23H18N4O3/c28-23-21-20(13-24-23)25-18-3-1-2-4-19(18)26-22(21)16-7-5-14(6-8-16)15-9-11-17(12-10-15)27(29)30/h1-12,22,25-26H,13H2,(H,24,28). The maximum atomic E-state index is 12.6. The molecular formula is C23H18N4O3. The number of hydrogen-bond donors (Lipinski definition) is 3.